The minimum Gasteiger partial charge on any atom is -0.328 e. The lowest BCUT2D eigenvalue weighted by molar-refractivity contribution is -0.384. The third-order valence-corrected chi connectivity index (χ3v) is 6.21. The molecule has 1 aromatic carbocycles. The number of allylic oxidation sites excluding steroid dienone is 2. The molecule has 0 spiro atoms. The molecule has 2 aliphatic rings. The summed E-state index contributed by atoms with van der Waals surface area (Å²) in [5.74, 6) is 1.59. The van der Waals surface area contributed by atoms with Crippen LogP contribution in [0.3, 0.4) is 0 Å². The third-order valence-electron chi connectivity index (χ3n) is 5.17. The zero-order chi connectivity index (χ0) is 20.8. The van der Waals surface area contributed by atoms with Crippen LogP contribution in [-0.2, 0) is 4.79 Å². The molecule has 0 saturated carbocycles. The number of non-ortho nitro benzene ring substituents is 1. The van der Waals surface area contributed by atoms with Crippen LogP contribution in [0.1, 0.15) is 51.6 Å². The molecule has 152 valence electrons. The number of benzene rings is 1. The van der Waals surface area contributed by atoms with Gasteiger partial charge in [0, 0.05) is 35.6 Å². The number of rotatable bonds is 5. The van der Waals surface area contributed by atoms with Gasteiger partial charge in [-0.05, 0) is 36.0 Å². The SMILES string of the molecule is CCCSc1nc2n(n1)C(c1ccc([N+](=O)[O-])cc1)C1=C(CC(C)(C)CC1=O)N2. The Labute approximate surface area is 172 Å². The average Bonchev–Trinajstić information content (AvgIpc) is 3.06. The molecule has 29 heavy (non-hydrogen) atoms. The van der Waals surface area contributed by atoms with E-state index in [2.05, 4.69) is 36.2 Å². The normalized spacial score (nSPS) is 20.1. The summed E-state index contributed by atoms with van der Waals surface area (Å²) in [4.78, 5) is 28.4. The molecule has 1 aliphatic heterocycles. The van der Waals surface area contributed by atoms with Crippen molar-refractivity contribution in [2.24, 2.45) is 5.41 Å². The van der Waals surface area contributed by atoms with Crippen molar-refractivity contribution in [3.63, 3.8) is 0 Å². The fourth-order valence-corrected chi connectivity index (χ4v) is 4.61. The molecule has 1 aromatic heterocycles. The molecule has 1 atom stereocenters. The zero-order valence-corrected chi connectivity index (χ0v) is 17.5. The fraction of sp³-hybridized carbons (Fsp3) is 0.450. The number of Topliss-reactive ketones (excluding diaryl/α,β-unsaturated/α-hetero) is 1. The average molecular weight is 414 g/mol. The zero-order valence-electron chi connectivity index (χ0n) is 16.6. The first-order valence-corrected chi connectivity index (χ1v) is 10.6. The van der Waals surface area contributed by atoms with Gasteiger partial charge < -0.3 is 5.32 Å². The van der Waals surface area contributed by atoms with E-state index in [0.717, 1.165) is 29.9 Å². The number of anilines is 1. The Morgan fingerprint density at radius 1 is 1.31 bits per heavy atom. The molecule has 0 radical (unpaired) electrons. The summed E-state index contributed by atoms with van der Waals surface area (Å²) in [6.45, 7) is 6.26. The number of aromatic nitrogens is 3. The standard InChI is InChI=1S/C20H23N5O3S/c1-4-9-29-19-22-18-21-14-10-20(2,3)11-15(26)16(14)17(24(18)23-19)12-5-7-13(8-6-12)25(27)28/h5-8,17H,4,9-11H2,1-3H3,(H,21,22,23). The number of carbonyl (C=O) groups is 1. The van der Waals surface area contributed by atoms with Crippen molar-refractivity contribution in [2.75, 3.05) is 11.1 Å². The largest absolute Gasteiger partial charge is 0.328 e. The monoisotopic (exact) mass is 413 g/mol. The van der Waals surface area contributed by atoms with E-state index in [9.17, 15) is 14.9 Å². The lowest BCUT2D eigenvalue weighted by Crippen LogP contribution is -2.36. The predicted octanol–water partition coefficient (Wildman–Crippen LogP) is 4.35. The lowest BCUT2D eigenvalue weighted by atomic mass is 9.73. The summed E-state index contributed by atoms with van der Waals surface area (Å²) in [6.07, 6.45) is 2.20. The Morgan fingerprint density at radius 2 is 2.03 bits per heavy atom. The van der Waals surface area contributed by atoms with Crippen molar-refractivity contribution in [2.45, 2.75) is 51.2 Å². The molecule has 4 rings (SSSR count). The molecular formula is C20H23N5O3S. The molecule has 1 N–H and O–H groups in total. The van der Waals surface area contributed by atoms with Crippen molar-refractivity contribution in [3.05, 3.63) is 51.2 Å². The van der Waals surface area contributed by atoms with E-state index in [1.54, 1.807) is 28.6 Å². The number of fused-ring (bicyclic) bond motifs is 1. The number of thioether (sulfide) groups is 1. The minimum atomic E-state index is -0.436. The third kappa shape index (κ3) is 3.66. The summed E-state index contributed by atoms with van der Waals surface area (Å²) in [5.41, 5.74) is 2.23. The highest BCUT2D eigenvalue weighted by molar-refractivity contribution is 7.99. The van der Waals surface area contributed by atoms with Crippen molar-refractivity contribution in [3.8, 4) is 0 Å². The molecule has 0 fully saturated rings. The van der Waals surface area contributed by atoms with E-state index in [1.165, 1.54) is 12.1 Å². The van der Waals surface area contributed by atoms with Crippen LogP contribution < -0.4 is 5.32 Å². The van der Waals surface area contributed by atoms with E-state index in [0.29, 0.717) is 23.1 Å². The van der Waals surface area contributed by atoms with Crippen molar-refractivity contribution in [1.82, 2.24) is 14.8 Å². The first-order valence-electron chi connectivity index (χ1n) is 9.66. The van der Waals surface area contributed by atoms with Gasteiger partial charge in [0.2, 0.25) is 11.1 Å². The topological polar surface area (TPSA) is 103 Å². The van der Waals surface area contributed by atoms with Gasteiger partial charge in [-0.25, -0.2) is 4.68 Å². The van der Waals surface area contributed by atoms with Gasteiger partial charge in [-0.15, -0.1) is 5.10 Å². The number of carbonyl (C=O) groups excluding carboxylic acids is 1. The van der Waals surface area contributed by atoms with Gasteiger partial charge in [0.05, 0.1) is 4.92 Å². The predicted molar refractivity (Wildman–Crippen MR) is 111 cm³/mol. The van der Waals surface area contributed by atoms with Gasteiger partial charge in [0.15, 0.2) is 5.78 Å². The van der Waals surface area contributed by atoms with E-state index >= 15 is 0 Å². The molecule has 1 unspecified atom stereocenters. The Kier molecular flexibility index (Phi) is 4.94. The number of nitrogens with zero attached hydrogens (tertiary/aromatic N) is 4. The minimum absolute atomic E-state index is 0.0194. The van der Waals surface area contributed by atoms with Crippen molar-refractivity contribution < 1.29 is 9.72 Å². The van der Waals surface area contributed by atoms with Crippen LogP contribution in [0.4, 0.5) is 11.6 Å². The molecule has 8 nitrogen and oxygen atoms in total. The Bertz CT molecular complexity index is 1010. The summed E-state index contributed by atoms with van der Waals surface area (Å²) in [6, 6.07) is 5.91. The van der Waals surface area contributed by atoms with E-state index in [4.69, 9.17) is 0 Å². The number of hydrogen-bond donors (Lipinski definition) is 1. The van der Waals surface area contributed by atoms with Gasteiger partial charge in [-0.2, -0.15) is 4.98 Å². The van der Waals surface area contributed by atoms with Gasteiger partial charge >= 0.3 is 0 Å². The van der Waals surface area contributed by atoms with Gasteiger partial charge in [-0.3, -0.25) is 14.9 Å². The quantitative estimate of drug-likeness (QED) is 0.442. The summed E-state index contributed by atoms with van der Waals surface area (Å²) in [7, 11) is 0. The van der Waals surface area contributed by atoms with Crippen molar-refractivity contribution in [1.29, 1.82) is 0 Å². The fourth-order valence-electron chi connectivity index (χ4n) is 3.93. The molecule has 9 heteroatoms. The van der Waals surface area contributed by atoms with Crippen LogP contribution >= 0.6 is 11.8 Å². The second-order valence-corrected chi connectivity index (χ2v) is 9.28. The Morgan fingerprint density at radius 3 is 2.69 bits per heavy atom. The Balaban J connectivity index is 1.82. The van der Waals surface area contributed by atoms with Crippen LogP contribution in [0.5, 0.6) is 0 Å². The molecule has 1 aliphatic carbocycles. The number of nitrogens with one attached hydrogen (secondary N) is 1. The maximum absolute atomic E-state index is 13.1. The lowest BCUT2D eigenvalue weighted by Gasteiger charge is -2.38. The Hall–Kier alpha value is -2.68. The maximum Gasteiger partial charge on any atom is 0.269 e. The second kappa shape index (κ2) is 7.29. The highest BCUT2D eigenvalue weighted by atomic mass is 32.2. The van der Waals surface area contributed by atoms with Crippen LogP contribution in [0.25, 0.3) is 0 Å². The number of hydrogen-bond acceptors (Lipinski definition) is 7. The number of nitro benzene ring substituents is 1. The molecule has 2 heterocycles. The van der Waals surface area contributed by atoms with Crippen LogP contribution in [0, 0.1) is 15.5 Å². The molecule has 0 amide bonds. The van der Waals surface area contributed by atoms with Crippen molar-refractivity contribution >= 4 is 29.2 Å². The van der Waals surface area contributed by atoms with Gasteiger partial charge in [-0.1, -0.05) is 32.5 Å². The highest BCUT2D eigenvalue weighted by Crippen LogP contribution is 2.45. The van der Waals surface area contributed by atoms with E-state index in [-0.39, 0.29) is 16.9 Å². The second-order valence-electron chi connectivity index (χ2n) is 8.22. The summed E-state index contributed by atoms with van der Waals surface area (Å²) >= 11 is 1.58. The van der Waals surface area contributed by atoms with Crippen LogP contribution in [-0.4, -0.2) is 31.2 Å². The van der Waals surface area contributed by atoms with Crippen LogP contribution in [0.2, 0.25) is 0 Å². The first kappa shape index (κ1) is 19.6. The van der Waals surface area contributed by atoms with E-state index < -0.39 is 11.0 Å². The molecule has 2 aromatic rings. The molecular weight excluding hydrogens is 390 g/mol. The summed E-state index contributed by atoms with van der Waals surface area (Å²) < 4.78 is 1.74. The van der Waals surface area contributed by atoms with E-state index in [1.807, 2.05) is 0 Å². The van der Waals surface area contributed by atoms with Gasteiger partial charge in [0.1, 0.15) is 6.04 Å². The smallest absolute Gasteiger partial charge is 0.269 e. The number of nitro groups is 1. The summed E-state index contributed by atoms with van der Waals surface area (Å²) in [5, 5.41) is 19.7. The molecule has 0 bridgehead atoms. The van der Waals surface area contributed by atoms with Gasteiger partial charge in [0.25, 0.3) is 5.69 Å². The first-order chi connectivity index (χ1) is 13.8. The number of ketones is 1. The highest BCUT2D eigenvalue weighted by Gasteiger charge is 2.41. The molecule has 0 saturated heterocycles. The van der Waals surface area contributed by atoms with Crippen LogP contribution in [0.15, 0.2) is 40.7 Å². The maximum atomic E-state index is 13.1.